The summed E-state index contributed by atoms with van der Waals surface area (Å²) in [4.78, 5) is 3.26. The first-order valence-electron chi connectivity index (χ1n) is 7.91. The summed E-state index contributed by atoms with van der Waals surface area (Å²) >= 11 is 0. The SMILES string of the molecule is CN(C(c1ccccc1)c1ccccn1)S(=O)(=O)c1ccc(F)c(F)c1F. The Morgan fingerprint density at radius 1 is 0.889 bits per heavy atom. The molecule has 0 aliphatic heterocycles. The van der Waals surface area contributed by atoms with Crippen molar-refractivity contribution >= 4 is 10.0 Å². The second-order valence-electron chi connectivity index (χ2n) is 5.76. The van der Waals surface area contributed by atoms with E-state index in [4.69, 9.17) is 0 Å². The minimum absolute atomic E-state index is 0.401. The fourth-order valence-electron chi connectivity index (χ4n) is 2.74. The van der Waals surface area contributed by atoms with Crippen LogP contribution in [0.15, 0.2) is 71.8 Å². The van der Waals surface area contributed by atoms with E-state index >= 15 is 0 Å². The Morgan fingerprint density at radius 3 is 2.19 bits per heavy atom. The van der Waals surface area contributed by atoms with Crippen molar-refractivity contribution in [1.29, 1.82) is 0 Å². The van der Waals surface area contributed by atoms with Crippen LogP contribution >= 0.6 is 0 Å². The molecule has 0 N–H and O–H groups in total. The molecule has 140 valence electrons. The molecule has 3 aromatic rings. The number of pyridine rings is 1. The fourth-order valence-corrected chi connectivity index (χ4v) is 4.11. The van der Waals surface area contributed by atoms with Crippen molar-refractivity contribution in [2.24, 2.45) is 0 Å². The number of halogens is 3. The van der Waals surface area contributed by atoms with Crippen molar-refractivity contribution in [2.45, 2.75) is 10.9 Å². The van der Waals surface area contributed by atoms with E-state index in [0.29, 0.717) is 23.4 Å². The predicted molar refractivity (Wildman–Crippen MR) is 93.8 cm³/mol. The van der Waals surface area contributed by atoms with Crippen molar-refractivity contribution in [3.63, 3.8) is 0 Å². The molecule has 0 fully saturated rings. The Balaban J connectivity index is 2.14. The molecule has 1 aromatic heterocycles. The summed E-state index contributed by atoms with van der Waals surface area (Å²) in [6.07, 6.45) is 1.50. The lowest BCUT2D eigenvalue weighted by Crippen LogP contribution is -2.33. The van der Waals surface area contributed by atoms with Crippen LogP contribution in [0, 0.1) is 17.5 Å². The predicted octanol–water partition coefficient (Wildman–Crippen LogP) is 3.91. The summed E-state index contributed by atoms with van der Waals surface area (Å²) < 4.78 is 67.8. The first-order valence-corrected chi connectivity index (χ1v) is 9.35. The Labute approximate surface area is 155 Å². The summed E-state index contributed by atoms with van der Waals surface area (Å²) in [5.74, 6) is -5.05. The van der Waals surface area contributed by atoms with Crippen LogP contribution in [0.2, 0.25) is 0 Å². The highest BCUT2D eigenvalue weighted by Gasteiger charge is 2.34. The van der Waals surface area contributed by atoms with Crippen LogP contribution in [0.3, 0.4) is 0 Å². The highest BCUT2D eigenvalue weighted by molar-refractivity contribution is 7.89. The molecule has 0 saturated heterocycles. The van der Waals surface area contributed by atoms with Gasteiger partial charge in [-0.3, -0.25) is 4.98 Å². The minimum atomic E-state index is -4.49. The smallest absolute Gasteiger partial charge is 0.246 e. The largest absolute Gasteiger partial charge is 0.259 e. The van der Waals surface area contributed by atoms with Crippen LogP contribution in [0.1, 0.15) is 17.3 Å². The molecule has 3 rings (SSSR count). The zero-order chi connectivity index (χ0) is 19.6. The van der Waals surface area contributed by atoms with Crippen molar-refractivity contribution in [3.05, 3.63) is 95.6 Å². The van der Waals surface area contributed by atoms with E-state index in [1.165, 1.54) is 13.2 Å². The zero-order valence-electron chi connectivity index (χ0n) is 14.2. The van der Waals surface area contributed by atoms with Crippen LogP contribution in [0.5, 0.6) is 0 Å². The van der Waals surface area contributed by atoms with Crippen molar-refractivity contribution < 1.29 is 21.6 Å². The van der Waals surface area contributed by atoms with Crippen molar-refractivity contribution in [3.8, 4) is 0 Å². The van der Waals surface area contributed by atoms with E-state index in [1.54, 1.807) is 48.5 Å². The molecule has 0 aliphatic carbocycles. The molecule has 0 saturated carbocycles. The molecule has 0 radical (unpaired) electrons. The van der Waals surface area contributed by atoms with E-state index in [1.807, 2.05) is 0 Å². The first kappa shape index (κ1) is 19.1. The average Bonchev–Trinajstić information content (AvgIpc) is 2.68. The quantitative estimate of drug-likeness (QED) is 0.619. The third kappa shape index (κ3) is 3.58. The van der Waals surface area contributed by atoms with Crippen LogP contribution in [-0.2, 0) is 10.0 Å². The average molecular weight is 392 g/mol. The molecule has 0 amide bonds. The third-order valence-corrected chi connectivity index (χ3v) is 5.94. The molecule has 27 heavy (non-hydrogen) atoms. The molecule has 1 atom stereocenters. The van der Waals surface area contributed by atoms with Gasteiger partial charge in [-0.05, 0) is 29.8 Å². The third-order valence-electron chi connectivity index (χ3n) is 4.10. The maximum absolute atomic E-state index is 14.2. The lowest BCUT2D eigenvalue weighted by atomic mass is 10.0. The Hall–Kier alpha value is -2.71. The summed E-state index contributed by atoms with van der Waals surface area (Å²) in [6, 6.07) is 14.0. The van der Waals surface area contributed by atoms with Crippen LogP contribution in [-0.4, -0.2) is 24.8 Å². The molecule has 2 aromatic carbocycles. The van der Waals surface area contributed by atoms with Gasteiger partial charge in [0.05, 0.1) is 11.7 Å². The number of aromatic nitrogens is 1. The van der Waals surface area contributed by atoms with Gasteiger partial charge in [0.25, 0.3) is 0 Å². The highest BCUT2D eigenvalue weighted by Crippen LogP contribution is 2.32. The Kier molecular flexibility index (Phi) is 5.29. The second-order valence-corrected chi connectivity index (χ2v) is 7.73. The highest BCUT2D eigenvalue weighted by atomic mass is 32.2. The van der Waals surface area contributed by atoms with Crippen molar-refractivity contribution in [1.82, 2.24) is 9.29 Å². The maximum atomic E-state index is 14.2. The van der Waals surface area contributed by atoms with Gasteiger partial charge in [-0.25, -0.2) is 21.6 Å². The molecule has 0 spiro atoms. The van der Waals surface area contributed by atoms with Gasteiger partial charge in [0, 0.05) is 13.2 Å². The van der Waals surface area contributed by atoms with E-state index in [9.17, 15) is 21.6 Å². The second kappa shape index (κ2) is 7.50. The van der Waals surface area contributed by atoms with E-state index in [0.717, 1.165) is 4.31 Å². The number of sulfonamides is 1. The van der Waals surface area contributed by atoms with E-state index < -0.39 is 38.4 Å². The van der Waals surface area contributed by atoms with Crippen LogP contribution in [0.25, 0.3) is 0 Å². The van der Waals surface area contributed by atoms with Crippen LogP contribution in [0.4, 0.5) is 13.2 Å². The summed E-state index contributed by atoms with van der Waals surface area (Å²) in [6.45, 7) is 0. The van der Waals surface area contributed by atoms with Crippen molar-refractivity contribution in [2.75, 3.05) is 7.05 Å². The van der Waals surface area contributed by atoms with Gasteiger partial charge in [-0.1, -0.05) is 36.4 Å². The van der Waals surface area contributed by atoms with E-state index in [2.05, 4.69) is 4.98 Å². The zero-order valence-corrected chi connectivity index (χ0v) is 15.0. The first-order chi connectivity index (χ1) is 12.8. The maximum Gasteiger partial charge on any atom is 0.246 e. The molecular weight excluding hydrogens is 377 g/mol. The van der Waals surface area contributed by atoms with Gasteiger partial charge in [0.15, 0.2) is 17.5 Å². The monoisotopic (exact) mass is 392 g/mol. The molecule has 0 bridgehead atoms. The van der Waals surface area contributed by atoms with Gasteiger partial charge < -0.3 is 0 Å². The fraction of sp³-hybridized carbons (Fsp3) is 0.105. The number of rotatable bonds is 5. The summed E-state index contributed by atoms with van der Waals surface area (Å²) in [7, 11) is -3.25. The van der Waals surface area contributed by atoms with E-state index in [-0.39, 0.29) is 0 Å². The van der Waals surface area contributed by atoms with Gasteiger partial charge in [0.1, 0.15) is 4.90 Å². The minimum Gasteiger partial charge on any atom is -0.259 e. The number of hydrogen-bond acceptors (Lipinski definition) is 3. The Bertz CT molecular complexity index is 1010. The lowest BCUT2D eigenvalue weighted by molar-refractivity contribution is 0.398. The van der Waals surface area contributed by atoms with Gasteiger partial charge >= 0.3 is 0 Å². The molecule has 8 heteroatoms. The standard InChI is InChI=1S/C19H15F3N2O2S/c1-24(27(25,26)16-11-10-14(20)17(21)18(16)22)19(13-7-3-2-4-8-13)15-9-5-6-12-23-15/h2-12,19H,1H3. The number of nitrogens with zero attached hydrogens (tertiary/aromatic N) is 2. The number of hydrogen-bond donors (Lipinski definition) is 0. The molecule has 1 heterocycles. The summed E-state index contributed by atoms with van der Waals surface area (Å²) in [5, 5.41) is 0. The molecule has 0 aliphatic rings. The normalized spacial score (nSPS) is 12.9. The topological polar surface area (TPSA) is 50.3 Å². The molecule has 4 nitrogen and oxygen atoms in total. The van der Waals surface area contributed by atoms with Gasteiger partial charge in [-0.15, -0.1) is 0 Å². The molecular formula is C19H15F3N2O2S. The Morgan fingerprint density at radius 2 is 1.56 bits per heavy atom. The van der Waals surface area contributed by atoms with Crippen LogP contribution < -0.4 is 0 Å². The van der Waals surface area contributed by atoms with Gasteiger partial charge in [-0.2, -0.15) is 4.31 Å². The lowest BCUT2D eigenvalue weighted by Gasteiger charge is -2.27. The summed E-state index contributed by atoms with van der Waals surface area (Å²) in [5.41, 5.74) is 0.989. The van der Waals surface area contributed by atoms with Gasteiger partial charge in [0.2, 0.25) is 10.0 Å². The number of benzene rings is 2. The molecule has 1 unspecified atom stereocenters.